The van der Waals surface area contributed by atoms with Crippen LogP contribution in [0.5, 0.6) is 0 Å². The number of carbonyl (C=O) groups is 1. The highest BCUT2D eigenvalue weighted by atomic mass is 16.5. The molecule has 0 aromatic heterocycles. The third-order valence-corrected chi connectivity index (χ3v) is 3.49. The first-order chi connectivity index (χ1) is 10.8. The number of hydrogen-bond acceptors (Lipinski definition) is 3. The van der Waals surface area contributed by atoms with Crippen molar-refractivity contribution in [1.29, 1.82) is 0 Å². The zero-order valence-electron chi connectivity index (χ0n) is 12.3. The van der Waals surface area contributed by atoms with Crippen molar-refractivity contribution in [3.05, 3.63) is 77.9 Å². The summed E-state index contributed by atoms with van der Waals surface area (Å²) >= 11 is 0. The van der Waals surface area contributed by atoms with Crippen LogP contribution in [0.25, 0.3) is 5.76 Å². The van der Waals surface area contributed by atoms with Crippen molar-refractivity contribution in [3.63, 3.8) is 0 Å². The molecule has 0 amide bonds. The number of rotatable bonds is 5. The number of ether oxygens (including phenoxy) is 2. The normalized spacial score (nSPS) is 17.7. The molecule has 112 valence electrons. The molecule has 3 heteroatoms. The summed E-state index contributed by atoms with van der Waals surface area (Å²) in [7, 11) is 0. The van der Waals surface area contributed by atoms with Crippen LogP contribution in [0.4, 0.5) is 0 Å². The van der Waals surface area contributed by atoms with Gasteiger partial charge in [-0.25, -0.2) is 0 Å². The van der Waals surface area contributed by atoms with Crippen molar-refractivity contribution >= 4 is 11.5 Å². The van der Waals surface area contributed by atoms with Gasteiger partial charge in [0.2, 0.25) is 0 Å². The molecule has 0 aliphatic carbocycles. The topological polar surface area (TPSA) is 35.5 Å². The van der Waals surface area contributed by atoms with Crippen LogP contribution in [0.1, 0.15) is 17.5 Å². The highest BCUT2D eigenvalue weighted by Gasteiger charge is 2.22. The number of carbonyl (C=O) groups excluding carboxylic acids is 1. The molecule has 3 rings (SSSR count). The van der Waals surface area contributed by atoms with Crippen molar-refractivity contribution in [2.75, 3.05) is 6.61 Å². The van der Waals surface area contributed by atoms with Crippen LogP contribution in [0, 0.1) is 0 Å². The second-order valence-corrected chi connectivity index (χ2v) is 5.29. The summed E-state index contributed by atoms with van der Waals surface area (Å²) in [5.41, 5.74) is 2.03. The van der Waals surface area contributed by atoms with Crippen molar-refractivity contribution in [2.45, 2.75) is 19.1 Å². The van der Waals surface area contributed by atoms with E-state index >= 15 is 0 Å². The minimum Gasteiger partial charge on any atom is -0.487 e. The van der Waals surface area contributed by atoms with Crippen LogP contribution in [-0.2, 0) is 20.9 Å². The average Bonchev–Trinajstić information content (AvgIpc) is 2.56. The molecule has 2 aromatic rings. The molecule has 3 nitrogen and oxygen atoms in total. The van der Waals surface area contributed by atoms with Crippen LogP contribution >= 0.6 is 0 Å². The molecule has 1 aliphatic rings. The summed E-state index contributed by atoms with van der Waals surface area (Å²) in [6, 6.07) is 19.6. The van der Waals surface area contributed by atoms with E-state index in [-0.39, 0.29) is 11.9 Å². The third kappa shape index (κ3) is 3.83. The molecule has 0 unspecified atom stereocenters. The molecule has 0 spiro atoms. The zero-order valence-corrected chi connectivity index (χ0v) is 12.3. The van der Waals surface area contributed by atoms with Crippen LogP contribution < -0.4 is 0 Å². The molecule has 0 N–H and O–H groups in total. The Morgan fingerprint density at radius 1 is 1.00 bits per heavy atom. The number of allylic oxidation sites excluding steroid dienone is 1. The summed E-state index contributed by atoms with van der Waals surface area (Å²) in [6.07, 6.45) is 1.71. The van der Waals surface area contributed by atoms with Crippen LogP contribution in [0.3, 0.4) is 0 Å². The third-order valence-electron chi connectivity index (χ3n) is 3.49. The molecule has 0 fully saturated rings. The van der Waals surface area contributed by atoms with E-state index in [9.17, 15) is 4.79 Å². The highest BCUT2D eigenvalue weighted by molar-refractivity contribution is 5.97. The van der Waals surface area contributed by atoms with Gasteiger partial charge in [-0.15, -0.1) is 0 Å². The Bertz CT molecular complexity index is 647. The fourth-order valence-electron chi connectivity index (χ4n) is 2.41. The van der Waals surface area contributed by atoms with Gasteiger partial charge in [-0.3, -0.25) is 4.79 Å². The smallest absolute Gasteiger partial charge is 0.163 e. The Labute approximate surface area is 130 Å². The standard InChI is InChI=1S/C19H18O3/c20-17-11-18(14-21-13-15-7-3-1-4-8-15)22-19(12-17)16-9-5-2-6-10-16/h1-10,12,18H,11,13-14H2/t18-/m0/s1. The maximum Gasteiger partial charge on any atom is 0.163 e. The highest BCUT2D eigenvalue weighted by Crippen LogP contribution is 2.24. The lowest BCUT2D eigenvalue weighted by molar-refractivity contribution is -0.118. The Morgan fingerprint density at radius 2 is 1.68 bits per heavy atom. The quantitative estimate of drug-likeness (QED) is 0.845. The van der Waals surface area contributed by atoms with E-state index in [1.807, 2.05) is 60.7 Å². The fourth-order valence-corrected chi connectivity index (χ4v) is 2.41. The Kier molecular flexibility index (Phi) is 4.66. The molecular formula is C19H18O3. The molecule has 0 radical (unpaired) electrons. The maximum absolute atomic E-state index is 11.9. The van der Waals surface area contributed by atoms with Gasteiger partial charge in [0.25, 0.3) is 0 Å². The molecule has 1 atom stereocenters. The molecule has 22 heavy (non-hydrogen) atoms. The summed E-state index contributed by atoms with van der Waals surface area (Å²) in [4.78, 5) is 11.9. The van der Waals surface area contributed by atoms with Gasteiger partial charge in [-0.2, -0.15) is 0 Å². The Morgan fingerprint density at radius 3 is 2.41 bits per heavy atom. The second kappa shape index (κ2) is 7.05. The number of benzene rings is 2. The SMILES string of the molecule is O=C1C=C(c2ccccc2)O[C@H](COCc2ccccc2)C1. The second-order valence-electron chi connectivity index (χ2n) is 5.29. The first-order valence-corrected chi connectivity index (χ1v) is 7.39. The molecule has 1 aliphatic heterocycles. The van der Waals surface area contributed by atoms with E-state index in [1.54, 1.807) is 6.08 Å². The predicted molar refractivity (Wildman–Crippen MR) is 85.0 cm³/mol. The van der Waals surface area contributed by atoms with Gasteiger partial charge >= 0.3 is 0 Å². The van der Waals surface area contributed by atoms with Crippen molar-refractivity contribution in [3.8, 4) is 0 Å². The van der Waals surface area contributed by atoms with Crippen LogP contribution in [0.2, 0.25) is 0 Å². The van der Waals surface area contributed by atoms with E-state index in [0.717, 1.165) is 11.1 Å². The first kappa shape index (κ1) is 14.5. The van der Waals surface area contributed by atoms with Gasteiger partial charge < -0.3 is 9.47 Å². The molecule has 2 aromatic carbocycles. The molecule has 0 bridgehead atoms. The molecule has 1 heterocycles. The van der Waals surface area contributed by atoms with Gasteiger partial charge in [0.1, 0.15) is 11.9 Å². The monoisotopic (exact) mass is 294 g/mol. The first-order valence-electron chi connectivity index (χ1n) is 7.39. The lowest BCUT2D eigenvalue weighted by Gasteiger charge is -2.24. The van der Waals surface area contributed by atoms with Gasteiger partial charge in [0, 0.05) is 18.1 Å². The van der Waals surface area contributed by atoms with E-state index in [2.05, 4.69) is 0 Å². The summed E-state index contributed by atoms with van der Waals surface area (Å²) in [5, 5.41) is 0. The number of hydrogen-bond donors (Lipinski definition) is 0. The predicted octanol–water partition coefficient (Wildman–Crippen LogP) is 3.60. The summed E-state index contributed by atoms with van der Waals surface area (Å²) < 4.78 is 11.6. The zero-order chi connectivity index (χ0) is 15.2. The number of ketones is 1. The average molecular weight is 294 g/mol. The molecule has 0 saturated carbocycles. The summed E-state index contributed by atoms with van der Waals surface area (Å²) in [6.45, 7) is 0.935. The largest absolute Gasteiger partial charge is 0.487 e. The van der Waals surface area contributed by atoms with Gasteiger partial charge in [0.05, 0.1) is 13.2 Å². The summed E-state index contributed by atoms with van der Waals surface area (Å²) in [5.74, 6) is 0.712. The Hall–Kier alpha value is -2.39. The Balaban J connectivity index is 1.57. The maximum atomic E-state index is 11.9. The minimum absolute atomic E-state index is 0.0819. The van der Waals surface area contributed by atoms with E-state index < -0.39 is 0 Å². The lowest BCUT2D eigenvalue weighted by Crippen LogP contribution is -2.26. The van der Waals surface area contributed by atoms with Gasteiger partial charge in [-0.1, -0.05) is 60.7 Å². The van der Waals surface area contributed by atoms with Gasteiger partial charge in [-0.05, 0) is 5.56 Å². The van der Waals surface area contributed by atoms with Crippen molar-refractivity contribution in [2.24, 2.45) is 0 Å². The van der Waals surface area contributed by atoms with Gasteiger partial charge in [0.15, 0.2) is 5.78 Å². The van der Waals surface area contributed by atoms with Crippen LogP contribution in [-0.4, -0.2) is 18.5 Å². The van der Waals surface area contributed by atoms with E-state index in [0.29, 0.717) is 25.4 Å². The minimum atomic E-state index is -0.226. The molecule has 0 saturated heterocycles. The van der Waals surface area contributed by atoms with E-state index in [1.165, 1.54) is 0 Å². The van der Waals surface area contributed by atoms with E-state index in [4.69, 9.17) is 9.47 Å². The van der Waals surface area contributed by atoms with Crippen LogP contribution in [0.15, 0.2) is 66.7 Å². The van der Waals surface area contributed by atoms with Crippen molar-refractivity contribution < 1.29 is 14.3 Å². The fraction of sp³-hybridized carbons (Fsp3) is 0.211. The van der Waals surface area contributed by atoms with Crippen molar-refractivity contribution in [1.82, 2.24) is 0 Å². The lowest BCUT2D eigenvalue weighted by atomic mass is 10.1. The molecular weight excluding hydrogens is 276 g/mol.